The van der Waals surface area contributed by atoms with Crippen molar-refractivity contribution in [2.75, 3.05) is 6.61 Å². The molecular formula is C25H40O5. The van der Waals surface area contributed by atoms with Gasteiger partial charge in [-0.1, -0.05) is 45.6 Å². The molecule has 2 aliphatic rings. The van der Waals surface area contributed by atoms with Gasteiger partial charge in [-0.3, -0.25) is 4.79 Å². The van der Waals surface area contributed by atoms with Gasteiger partial charge in [0.2, 0.25) is 0 Å². The Labute approximate surface area is 181 Å². The Hall–Kier alpha value is -1.59. The quantitative estimate of drug-likeness (QED) is 0.398. The molecule has 7 atom stereocenters. The van der Waals surface area contributed by atoms with Gasteiger partial charge in [-0.05, 0) is 61.9 Å². The molecule has 0 aliphatic heterocycles. The predicted molar refractivity (Wildman–Crippen MR) is 119 cm³/mol. The SMILES string of the molecule is C=C(OC[C@H]1CC(O)C=C2C=CC(C)C(CC[C@@H](O)CCCC(=O)O)C21)C(C)CC. The van der Waals surface area contributed by atoms with Gasteiger partial charge in [0, 0.05) is 18.3 Å². The lowest BCUT2D eigenvalue weighted by Crippen LogP contribution is -2.39. The number of allylic oxidation sites excluding steroid dienone is 4. The van der Waals surface area contributed by atoms with Crippen LogP contribution in [0.5, 0.6) is 0 Å². The standard InChI is InChI=1S/C25H40O5/c1-5-16(2)18(4)30-15-20-14-22(27)13-19-10-9-17(3)23(25(19)20)12-11-21(26)7-6-8-24(28)29/h9-10,13,16-17,20-23,25-27H,4-8,11-12,14-15H2,1-3H3,(H,28,29)/t16?,17?,20-,21+,22?,23?,25?/m1/s1. The lowest BCUT2D eigenvalue weighted by atomic mass is 9.63. The van der Waals surface area contributed by atoms with E-state index in [1.807, 2.05) is 6.08 Å². The van der Waals surface area contributed by atoms with E-state index in [1.54, 1.807) is 0 Å². The first kappa shape index (κ1) is 24.7. The molecule has 0 saturated heterocycles. The number of carboxylic acid groups (broad SMARTS) is 1. The molecule has 0 aromatic carbocycles. The second-order valence-corrected chi connectivity index (χ2v) is 9.24. The first-order chi connectivity index (χ1) is 14.2. The Morgan fingerprint density at radius 1 is 1.37 bits per heavy atom. The Bertz CT molecular complexity index is 637. The van der Waals surface area contributed by atoms with E-state index in [0.717, 1.165) is 18.6 Å². The Morgan fingerprint density at radius 2 is 2.10 bits per heavy atom. The maximum Gasteiger partial charge on any atom is 0.303 e. The molecule has 0 bridgehead atoms. The van der Waals surface area contributed by atoms with Crippen molar-refractivity contribution in [2.24, 2.45) is 29.6 Å². The van der Waals surface area contributed by atoms with Crippen LogP contribution in [0.2, 0.25) is 0 Å². The van der Waals surface area contributed by atoms with Gasteiger partial charge in [-0.25, -0.2) is 0 Å². The van der Waals surface area contributed by atoms with Crippen LogP contribution in [0.3, 0.4) is 0 Å². The number of rotatable bonds is 12. The molecule has 5 heteroatoms. The molecule has 0 heterocycles. The molecule has 0 amide bonds. The van der Waals surface area contributed by atoms with E-state index in [2.05, 4.69) is 39.5 Å². The summed E-state index contributed by atoms with van der Waals surface area (Å²) in [5.74, 6) is 1.57. The molecule has 0 saturated carbocycles. The van der Waals surface area contributed by atoms with Gasteiger partial charge < -0.3 is 20.1 Å². The van der Waals surface area contributed by atoms with Crippen LogP contribution in [0, 0.1) is 29.6 Å². The average Bonchev–Trinajstić information content (AvgIpc) is 2.70. The number of hydrogen-bond donors (Lipinski definition) is 3. The first-order valence-corrected chi connectivity index (χ1v) is 11.5. The third-order valence-corrected chi connectivity index (χ3v) is 6.96. The highest BCUT2D eigenvalue weighted by molar-refractivity contribution is 5.66. The van der Waals surface area contributed by atoms with Crippen LogP contribution in [-0.2, 0) is 9.53 Å². The van der Waals surface area contributed by atoms with E-state index in [1.165, 1.54) is 5.57 Å². The lowest BCUT2D eigenvalue weighted by Gasteiger charge is -2.43. The molecule has 0 spiro atoms. The minimum atomic E-state index is -0.814. The zero-order valence-corrected chi connectivity index (χ0v) is 18.8. The van der Waals surface area contributed by atoms with Crippen LogP contribution in [-0.4, -0.2) is 40.1 Å². The van der Waals surface area contributed by atoms with Crippen LogP contribution in [0.15, 0.2) is 36.1 Å². The minimum Gasteiger partial charge on any atom is -0.498 e. The van der Waals surface area contributed by atoms with Crippen molar-refractivity contribution in [3.8, 4) is 0 Å². The number of aliphatic hydroxyl groups is 2. The van der Waals surface area contributed by atoms with Gasteiger partial charge in [-0.2, -0.15) is 0 Å². The zero-order valence-electron chi connectivity index (χ0n) is 18.8. The molecule has 0 aromatic heterocycles. The summed E-state index contributed by atoms with van der Waals surface area (Å²) in [5, 5.41) is 29.5. The maximum atomic E-state index is 10.7. The Balaban J connectivity index is 2.03. The molecule has 0 aromatic rings. The van der Waals surface area contributed by atoms with Crippen molar-refractivity contribution in [3.05, 3.63) is 36.1 Å². The van der Waals surface area contributed by atoms with E-state index in [4.69, 9.17) is 9.84 Å². The van der Waals surface area contributed by atoms with E-state index >= 15 is 0 Å². The molecule has 3 N–H and O–H groups in total. The van der Waals surface area contributed by atoms with Crippen molar-refractivity contribution >= 4 is 5.97 Å². The highest BCUT2D eigenvalue weighted by Crippen LogP contribution is 2.45. The van der Waals surface area contributed by atoms with Crippen LogP contribution in [0.25, 0.3) is 0 Å². The normalized spacial score (nSPS) is 30.2. The van der Waals surface area contributed by atoms with Gasteiger partial charge in [0.05, 0.1) is 24.6 Å². The number of hydrogen-bond acceptors (Lipinski definition) is 4. The summed E-state index contributed by atoms with van der Waals surface area (Å²) in [5.41, 5.74) is 1.18. The highest BCUT2D eigenvalue weighted by Gasteiger charge is 2.40. The second-order valence-electron chi connectivity index (χ2n) is 9.24. The molecule has 2 rings (SSSR count). The maximum absolute atomic E-state index is 10.7. The summed E-state index contributed by atoms with van der Waals surface area (Å²) >= 11 is 0. The van der Waals surface area contributed by atoms with Gasteiger partial charge in [0.15, 0.2) is 0 Å². The van der Waals surface area contributed by atoms with E-state index < -0.39 is 18.2 Å². The van der Waals surface area contributed by atoms with Crippen LogP contribution < -0.4 is 0 Å². The largest absolute Gasteiger partial charge is 0.498 e. The molecule has 0 fully saturated rings. The van der Waals surface area contributed by atoms with E-state index in [-0.39, 0.29) is 12.3 Å². The third-order valence-electron chi connectivity index (χ3n) is 6.96. The van der Waals surface area contributed by atoms with E-state index in [0.29, 0.717) is 56.0 Å². The van der Waals surface area contributed by atoms with Crippen molar-refractivity contribution in [1.29, 1.82) is 0 Å². The number of carboxylic acids is 1. The highest BCUT2D eigenvalue weighted by atomic mass is 16.5. The fraction of sp³-hybridized carbons (Fsp3) is 0.720. The van der Waals surface area contributed by atoms with Crippen molar-refractivity contribution in [2.45, 2.75) is 77.9 Å². The molecule has 0 radical (unpaired) electrons. The van der Waals surface area contributed by atoms with Crippen LogP contribution in [0.1, 0.15) is 65.7 Å². The molecule has 5 unspecified atom stereocenters. The van der Waals surface area contributed by atoms with Gasteiger partial charge >= 0.3 is 5.97 Å². The lowest BCUT2D eigenvalue weighted by molar-refractivity contribution is -0.137. The van der Waals surface area contributed by atoms with Crippen molar-refractivity contribution < 1.29 is 24.9 Å². The number of aliphatic hydroxyl groups excluding tert-OH is 2. The molecule has 2 aliphatic carbocycles. The van der Waals surface area contributed by atoms with Crippen molar-refractivity contribution in [3.63, 3.8) is 0 Å². The molecule has 170 valence electrons. The Morgan fingerprint density at radius 3 is 2.77 bits per heavy atom. The first-order valence-electron chi connectivity index (χ1n) is 11.5. The topological polar surface area (TPSA) is 87.0 Å². The average molecular weight is 421 g/mol. The number of carbonyl (C=O) groups is 1. The summed E-state index contributed by atoms with van der Waals surface area (Å²) in [6.07, 6.45) is 9.75. The minimum absolute atomic E-state index is 0.104. The summed E-state index contributed by atoms with van der Waals surface area (Å²) in [6, 6.07) is 0. The molecular weight excluding hydrogens is 380 g/mol. The van der Waals surface area contributed by atoms with Crippen LogP contribution >= 0.6 is 0 Å². The third kappa shape index (κ3) is 6.98. The summed E-state index contributed by atoms with van der Waals surface area (Å²) in [4.78, 5) is 10.7. The number of ether oxygens (including phenoxy) is 1. The summed E-state index contributed by atoms with van der Waals surface area (Å²) < 4.78 is 6.05. The van der Waals surface area contributed by atoms with Gasteiger partial charge in [0.1, 0.15) is 0 Å². The molecule has 30 heavy (non-hydrogen) atoms. The summed E-state index contributed by atoms with van der Waals surface area (Å²) in [6.45, 7) is 11.1. The second kappa shape index (κ2) is 11.7. The van der Waals surface area contributed by atoms with Crippen molar-refractivity contribution in [1.82, 2.24) is 0 Å². The number of aliphatic carboxylic acids is 1. The van der Waals surface area contributed by atoms with Crippen LogP contribution in [0.4, 0.5) is 0 Å². The zero-order chi connectivity index (χ0) is 22.3. The summed E-state index contributed by atoms with van der Waals surface area (Å²) in [7, 11) is 0. The fourth-order valence-corrected chi connectivity index (χ4v) is 4.84. The van der Waals surface area contributed by atoms with Gasteiger partial charge in [-0.15, -0.1) is 0 Å². The Kier molecular flexibility index (Phi) is 9.63. The monoisotopic (exact) mass is 420 g/mol. The number of fused-ring (bicyclic) bond motifs is 1. The predicted octanol–water partition coefficient (Wildman–Crippen LogP) is 4.70. The molecule has 5 nitrogen and oxygen atoms in total. The smallest absolute Gasteiger partial charge is 0.303 e. The van der Waals surface area contributed by atoms with E-state index in [9.17, 15) is 15.0 Å². The van der Waals surface area contributed by atoms with Gasteiger partial charge in [0.25, 0.3) is 0 Å². The fourth-order valence-electron chi connectivity index (χ4n) is 4.84.